The van der Waals surface area contributed by atoms with Gasteiger partial charge in [0.05, 0.1) is 12.7 Å². The maximum Gasteiger partial charge on any atom is 0.280 e. The fraction of sp³-hybridized carbons (Fsp3) is 0.375. The quantitative estimate of drug-likeness (QED) is 0.357. The van der Waals surface area contributed by atoms with Crippen molar-refractivity contribution < 1.29 is 9.63 Å². The molecule has 0 aliphatic heterocycles. The van der Waals surface area contributed by atoms with Gasteiger partial charge < -0.3 is 0 Å². The first-order valence-electron chi connectivity index (χ1n) is 3.57. The molecule has 0 aromatic rings. The van der Waals surface area contributed by atoms with E-state index in [4.69, 9.17) is 4.84 Å². The van der Waals surface area contributed by atoms with E-state index in [9.17, 15) is 4.79 Å². The second-order valence-corrected chi connectivity index (χ2v) is 2.14. The van der Waals surface area contributed by atoms with Gasteiger partial charge in [0.25, 0.3) is 5.91 Å². The Balaban J connectivity index is 4.65. The third-order valence-corrected chi connectivity index (χ3v) is 1.31. The molecule has 0 radical (unpaired) electrons. The number of amides is 1. The third-order valence-electron chi connectivity index (χ3n) is 1.31. The smallest absolute Gasteiger partial charge is 0.280 e. The van der Waals surface area contributed by atoms with Gasteiger partial charge in [0.15, 0.2) is 0 Å². The molecule has 0 fully saturated rings. The molecule has 13 heavy (non-hydrogen) atoms. The molecule has 0 saturated carbocycles. The SMILES string of the molecule is C=N/C=C(\C=N/C)C(=O)N(C)OC. The number of rotatable bonds is 4. The highest BCUT2D eigenvalue weighted by Gasteiger charge is 2.11. The van der Waals surface area contributed by atoms with Crippen LogP contribution < -0.4 is 0 Å². The van der Waals surface area contributed by atoms with Gasteiger partial charge in [-0.3, -0.25) is 19.6 Å². The van der Waals surface area contributed by atoms with Gasteiger partial charge in [-0.05, 0) is 6.72 Å². The highest BCUT2D eigenvalue weighted by Crippen LogP contribution is 1.98. The first kappa shape index (κ1) is 11.5. The largest absolute Gasteiger partial charge is 0.296 e. The molecule has 0 aliphatic carbocycles. The van der Waals surface area contributed by atoms with Crippen LogP contribution in [-0.2, 0) is 9.63 Å². The number of likely N-dealkylation sites (N-methyl/N-ethyl adjacent to an activating group) is 1. The van der Waals surface area contributed by atoms with E-state index in [1.54, 1.807) is 7.05 Å². The molecule has 5 nitrogen and oxygen atoms in total. The summed E-state index contributed by atoms with van der Waals surface area (Å²) in [5.74, 6) is -0.319. The lowest BCUT2D eigenvalue weighted by Gasteiger charge is -2.12. The highest BCUT2D eigenvalue weighted by atomic mass is 16.7. The minimum atomic E-state index is -0.319. The number of carbonyl (C=O) groups excluding carboxylic acids is 1. The van der Waals surface area contributed by atoms with Gasteiger partial charge in [-0.15, -0.1) is 0 Å². The zero-order chi connectivity index (χ0) is 10.3. The van der Waals surface area contributed by atoms with Crippen LogP contribution in [0.1, 0.15) is 0 Å². The van der Waals surface area contributed by atoms with Crippen molar-refractivity contribution >= 4 is 18.8 Å². The van der Waals surface area contributed by atoms with Crippen LogP contribution >= 0.6 is 0 Å². The number of hydrogen-bond acceptors (Lipinski definition) is 4. The summed E-state index contributed by atoms with van der Waals surface area (Å²) in [6.45, 7) is 3.25. The van der Waals surface area contributed by atoms with Crippen molar-refractivity contribution in [1.29, 1.82) is 0 Å². The zero-order valence-corrected chi connectivity index (χ0v) is 8.02. The third kappa shape index (κ3) is 3.62. The second-order valence-electron chi connectivity index (χ2n) is 2.14. The van der Waals surface area contributed by atoms with Gasteiger partial charge in [-0.25, -0.2) is 5.06 Å². The highest BCUT2D eigenvalue weighted by molar-refractivity contribution is 6.11. The summed E-state index contributed by atoms with van der Waals surface area (Å²) in [5.41, 5.74) is 0.321. The van der Waals surface area contributed by atoms with E-state index in [1.165, 1.54) is 26.6 Å². The predicted molar refractivity (Wildman–Crippen MR) is 51.8 cm³/mol. The van der Waals surface area contributed by atoms with Crippen LogP contribution in [0, 0.1) is 0 Å². The first-order chi connectivity index (χ1) is 6.17. The Labute approximate surface area is 77.4 Å². The molecule has 0 N–H and O–H groups in total. The Kier molecular flexibility index (Phi) is 5.38. The minimum Gasteiger partial charge on any atom is -0.296 e. The Hall–Kier alpha value is -1.49. The van der Waals surface area contributed by atoms with E-state index in [0.29, 0.717) is 5.57 Å². The predicted octanol–water partition coefficient (Wildman–Crippen LogP) is 0.291. The first-order valence-corrected chi connectivity index (χ1v) is 3.57. The van der Waals surface area contributed by atoms with Crippen molar-refractivity contribution in [3.63, 3.8) is 0 Å². The molecule has 0 bridgehead atoms. The van der Waals surface area contributed by atoms with E-state index in [1.807, 2.05) is 0 Å². The van der Waals surface area contributed by atoms with Gasteiger partial charge >= 0.3 is 0 Å². The van der Waals surface area contributed by atoms with Crippen molar-refractivity contribution in [3.8, 4) is 0 Å². The van der Waals surface area contributed by atoms with Gasteiger partial charge in [0.2, 0.25) is 0 Å². The molecule has 0 unspecified atom stereocenters. The van der Waals surface area contributed by atoms with Crippen LogP contribution in [0.15, 0.2) is 21.8 Å². The van der Waals surface area contributed by atoms with Crippen molar-refractivity contribution in [2.24, 2.45) is 9.98 Å². The van der Waals surface area contributed by atoms with Gasteiger partial charge in [0.1, 0.15) is 0 Å². The Morgan fingerprint density at radius 2 is 2.23 bits per heavy atom. The molecule has 72 valence electrons. The lowest BCUT2D eigenvalue weighted by atomic mass is 10.3. The number of aliphatic imine (C=N–C) groups is 2. The molecule has 0 heterocycles. The topological polar surface area (TPSA) is 54.3 Å². The molecule has 1 amide bonds. The number of hydroxylamine groups is 2. The summed E-state index contributed by atoms with van der Waals surface area (Å²) in [4.78, 5) is 23.3. The van der Waals surface area contributed by atoms with Crippen LogP contribution in [0.25, 0.3) is 0 Å². The summed E-state index contributed by atoms with van der Waals surface area (Å²) in [7, 11) is 4.47. The van der Waals surface area contributed by atoms with Crippen molar-refractivity contribution in [2.75, 3.05) is 21.2 Å². The molecule has 0 aliphatic rings. The van der Waals surface area contributed by atoms with Gasteiger partial charge in [0, 0.05) is 26.5 Å². The Morgan fingerprint density at radius 3 is 2.62 bits per heavy atom. The zero-order valence-electron chi connectivity index (χ0n) is 8.02. The van der Waals surface area contributed by atoms with E-state index >= 15 is 0 Å². The fourth-order valence-electron chi connectivity index (χ4n) is 0.646. The maximum absolute atomic E-state index is 11.4. The van der Waals surface area contributed by atoms with Crippen molar-refractivity contribution in [1.82, 2.24) is 5.06 Å². The number of hydrogen-bond donors (Lipinski definition) is 0. The Morgan fingerprint density at radius 1 is 1.62 bits per heavy atom. The van der Waals surface area contributed by atoms with Crippen molar-refractivity contribution in [3.05, 3.63) is 11.8 Å². The number of nitrogens with zero attached hydrogens (tertiary/aromatic N) is 3. The van der Waals surface area contributed by atoms with Crippen LogP contribution in [0.4, 0.5) is 0 Å². The average molecular weight is 183 g/mol. The molecule has 0 atom stereocenters. The summed E-state index contributed by atoms with van der Waals surface area (Å²) >= 11 is 0. The summed E-state index contributed by atoms with van der Waals surface area (Å²) in [6, 6.07) is 0. The number of carbonyl (C=O) groups is 1. The van der Waals surface area contributed by atoms with E-state index in [0.717, 1.165) is 5.06 Å². The molecule has 0 aromatic heterocycles. The fourth-order valence-corrected chi connectivity index (χ4v) is 0.646. The molecule has 0 saturated heterocycles. The molecular formula is C8H13N3O2. The standard InChI is InChI=1S/C8H13N3O2/c1-9-5-7(6-10-2)8(12)11(3)13-4/h5-6H,1H2,2-4H3/b7-5+,10-6-. The summed E-state index contributed by atoms with van der Waals surface area (Å²) in [5, 5.41) is 1.08. The van der Waals surface area contributed by atoms with Crippen LogP contribution in [0.5, 0.6) is 0 Å². The molecular weight excluding hydrogens is 170 g/mol. The Bertz CT molecular complexity index is 246. The maximum atomic E-state index is 11.4. The monoisotopic (exact) mass is 183 g/mol. The molecule has 0 rings (SSSR count). The van der Waals surface area contributed by atoms with Crippen LogP contribution in [-0.4, -0.2) is 45.1 Å². The normalized spacial score (nSPS) is 11.8. The summed E-state index contributed by atoms with van der Waals surface area (Å²) in [6.07, 6.45) is 2.72. The minimum absolute atomic E-state index is 0.319. The van der Waals surface area contributed by atoms with Crippen molar-refractivity contribution in [2.45, 2.75) is 0 Å². The summed E-state index contributed by atoms with van der Waals surface area (Å²) < 4.78 is 0. The lowest BCUT2D eigenvalue weighted by molar-refractivity contribution is -0.163. The molecule has 0 aromatic carbocycles. The second kappa shape index (κ2) is 6.07. The van der Waals surface area contributed by atoms with E-state index in [2.05, 4.69) is 16.7 Å². The van der Waals surface area contributed by atoms with Crippen LogP contribution in [0.3, 0.4) is 0 Å². The van der Waals surface area contributed by atoms with Crippen LogP contribution in [0.2, 0.25) is 0 Å². The van der Waals surface area contributed by atoms with Gasteiger partial charge in [-0.2, -0.15) is 0 Å². The molecule has 0 spiro atoms. The van der Waals surface area contributed by atoms with E-state index in [-0.39, 0.29) is 5.91 Å². The lowest BCUT2D eigenvalue weighted by Crippen LogP contribution is -2.27. The van der Waals surface area contributed by atoms with Gasteiger partial charge in [-0.1, -0.05) is 0 Å². The average Bonchev–Trinajstić information content (AvgIpc) is 2.15. The molecule has 5 heteroatoms. The van der Waals surface area contributed by atoms with E-state index < -0.39 is 0 Å².